The van der Waals surface area contributed by atoms with Crippen LogP contribution in [0, 0.1) is 0 Å². The maximum absolute atomic E-state index is 11.0. The smallest absolute Gasteiger partial charge is 0.404 e. The number of aliphatic hydroxyl groups excluding tert-OH is 1. The second kappa shape index (κ2) is 9.05. The number of aliphatic hydroxyl groups is 1. The van der Waals surface area contributed by atoms with E-state index in [0.29, 0.717) is 18.7 Å². The fourth-order valence-electron chi connectivity index (χ4n) is 2.40. The summed E-state index contributed by atoms with van der Waals surface area (Å²) >= 11 is 0. The Hall–Kier alpha value is -2.38. The van der Waals surface area contributed by atoms with Crippen LogP contribution in [0.15, 0.2) is 40.9 Å². The molecule has 1 heterocycles. The molecule has 2 aromatic rings. The van der Waals surface area contributed by atoms with Crippen molar-refractivity contribution in [1.82, 2.24) is 15.8 Å². The van der Waals surface area contributed by atoms with Crippen LogP contribution in [-0.2, 0) is 19.4 Å². The molecule has 4 N–H and O–H groups in total. The average Bonchev–Trinajstić information content (AvgIpc) is 3.02. The third kappa shape index (κ3) is 5.68. The molecule has 1 aromatic heterocycles. The van der Waals surface area contributed by atoms with Gasteiger partial charge in [-0.25, -0.2) is 4.79 Å². The van der Waals surface area contributed by atoms with Gasteiger partial charge in [0.1, 0.15) is 0 Å². The first-order chi connectivity index (χ1) is 11.6. The molecule has 7 heteroatoms. The summed E-state index contributed by atoms with van der Waals surface area (Å²) in [5.41, 5.74) is 1.83. The highest BCUT2D eigenvalue weighted by molar-refractivity contribution is 5.65. The molecular weight excluding hydrogens is 310 g/mol. The fourth-order valence-corrected chi connectivity index (χ4v) is 2.40. The van der Waals surface area contributed by atoms with E-state index < -0.39 is 18.2 Å². The number of hydrogen-bond acceptors (Lipinski definition) is 5. The molecule has 0 spiro atoms. The Morgan fingerprint density at radius 3 is 2.71 bits per heavy atom. The predicted molar refractivity (Wildman–Crippen MR) is 88.7 cm³/mol. The zero-order chi connectivity index (χ0) is 17.4. The molecule has 2 atom stereocenters. The lowest BCUT2D eigenvalue weighted by Gasteiger charge is -2.23. The SMILES string of the molecule is CCc1cc(CNC[C@@H](O)[C@H](Cc2ccccc2)NC(=O)O)on1. The summed E-state index contributed by atoms with van der Waals surface area (Å²) in [6.45, 7) is 2.65. The maximum Gasteiger partial charge on any atom is 0.404 e. The number of nitrogens with one attached hydrogen (secondary N) is 2. The van der Waals surface area contributed by atoms with Crippen molar-refractivity contribution in [2.75, 3.05) is 6.54 Å². The monoisotopic (exact) mass is 333 g/mol. The van der Waals surface area contributed by atoms with Crippen LogP contribution in [0.25, 0.3) is 0 Å². The lowest BCUT2D eigenvalue weighted by atomic mass is 10.0. The summed E-state index contributed by atoms with van der Waals surface area (Å²) in [6.07, 6.45) is -0.806. The minimum Gasteiger partial charge on any atom is -0.465 e. The lowest BCUT2D eigenvalue weighted by molar-refractivity contribution is 0.117. The molecule has 2 rings (SSSR count). The Morgan fingerprint density at radius 2 is 2.08 bits per heavy atom. The molecule has 0 saturated heterocycles. The van der Waals surface area contributed by atoms with Gasteiger partial charge in [0.2, 0.25) is 0 Å². The Kier molecular flexibility index (Phi) is 6.77. The quantitative estimate of drug-likeness (QED) is 0.555. The van der Waals surface area contributed by atoms with Crippen molar-refractivity contribution >= 4 is 6.09 Å². The highest BCUT2D eigenvalue weighted by atomic mass is 16.5. The van der Waals surface area contributed by atoms with Crippen LogP contribution in [0.4, 0.5) is 4.79 Å². The van der Waals surface area contributed by atoms with E-state index in [0.717, 1.165) is 17.7 Å². The normalized spacial score (nSPS) is 13.4. The summed E-state index contributed by atoms with van der Waals surface area (Å²) in [5.74, 6) is 0.685. The Morgan fingerprint density at radius 1 is 1.33 bits per heavy atom. The van der Waals surface area contributed by atoms with Crippen molar-refractivity contribution in [2.45, 2.75) is 38.5 Å². The van der Waals surface area contributed by atoms with E-state index >= 15 is 0 Å². The second-order valence-electron chi connectivity index (χ2n) is 5.58. The van der Waals surface area contributed by atoms with Gasteiger partial charge in [0.15, 0.2) is 5.76 Å². The number of aryl methyl sites for hydroxylation is 1. The van der Waals surface area contributed by atoms with Crippen molar-refractivity contribution in [3.63, 3.8) is 0 Å². The van der Waals surface area contributed by atoms with Gasteiger partial charge >= 0.3 is 6.09 Å². The summed E-state index contributed by atoms with van der Waals surface area (Å²) in [5, 5.41) is 28.6. The number of hydrogen-bond donors (Lipinski definition) is 4. The number of amides is 1. The first kappa shape index (κ1) is 18.0. The molecule has 0 aliphatic rings. The highest BCUT2D eigenvalue weighted by Gasteiger charge is 2.21. The minimum atomic E-state index is -1.15. The van der Waals surface area contributed by atoms with Crippen LogP contribution in [0.3, 0.4) is 0 Å². The lowest BCUT2D eigenvalue weighted by Crippen LogP contribution is -2.48. The van der Waals surface area contributed by atoms with Crippen molar-refractivity contribution in [2.24, 2.45) is 0 Å². The summed E-state index contributed by atoms with van der Waals surface area (Å²) < 4.78 is 5.15. The summed E-state index contributed by atoms with van der Waals surface area (Å²) in [7, 11) is 0. The number of carbonyl (C=O) groups is 1. The first-order valence-electron chi connectivity index (χ1n) is 7.95. The average molecular weight is 333 g/mol. The van der Waals surface area contributed by atoms with Crippen molar-refractivity contribution in [3.05, 3.63) is 53.4 Å². The molecule has 0 unspecified atom stereocenters. The van der Waals surface area contributed by atoms with Gasteiger partial charge in [-0.1, -0.05) is 42.4 Å². The van der Waals surface area contributed by atoms with Gasteiger partial charge in [0, 0.05) is 12.6 Å². The van der Waals surface area contributed by atoms with Gasteiger partial charge in [-0.15, -0.1) is 0 Å². The summed E-state index contributed by atoms with van der Waals surface area (Å²) in [4.78, 5) is 11.0. The molecule has 0 saturated carbocycles. The third-order valence-corrected chi connectivity index (χ3v) is 3.69. The van der Waals surface area contributed by atoms with Crippen LogP contribution in [-0.4, -0.2) is 40.2 Å². The molecule has 0 radical (unpaired) electrons. The molecule has 1 aromatic carbocycles. The number of aromatic nitrogens is 1. The van der Waals surface area contributed by atoms with Crippen LogP contribution in [0.2, 0.25) is 0 Å². The Bertz CT molecular complexity index is 630. The fraction of sp³-hybridized carbons (Fsp3) is 0.412. The zero-order valence-corrected chi connectivity index (χ0v) is 13.6. The molecule has 24 heavy (non-hydrogen) atoms. The molecule has 0 bridgehead atoms. The van der Waals surface area contributed by atoms with E-state index in [4.69, 9.17) is 9.63 Å². The van der Waals surface area contributed by atoms with E-state index in [-0.39, 0.29) is 6.54 Å². The third-order valence-electron chi connectivity index (χ3n) is 3.69. The zero-order valence-electron chi connectivity index (χ0n) is 13.6. The minimum absolute atomic E-state index is 0.236. The Labute approximate surface area is 140 Å². The van der Waals surface area contributed by atoms with E-state index in [9.17, 15) is 9.90 Å². The topological polar surface area (TPSA) is 108 Å². The van der Waals surface area contributed by atoms with Crippen LogP contribution in [0.5, 0.6) is 0 Å². The molecule has 130 valence electrons. The van der Waals surface area contributed by atoms with Gasteiger partial charge in [-0.3, -0.25) is 0 Å². The predicted octanol–water partition coefficient (Wildman–Crippen LogP) is 1.57. The van der Waals surface area contributed by atoms with Gasteiger partial charge in [-0.05, 0) is 18.4 Å². The van der Waals surface area contributed by atoms with Crippen LogP contribution in [0.1, 0.15) is 23.9 Å². The van der Waals surface area contributed by atoms with E-state index in [1.165, 1.54) is 0 Å². The van der Waals surface area contributed by atoms with Gasteiger partial charge in [-0.2, -0.15) is 0 Å². The number of nitrogens with zero attached hydrogens (tertiary/aromatic N) is 1. The molecule has 0 aliphatic heterocycles. The summed E-state index contributed by atoms with van der Waals surface area (Å²) in [6, 6.07) is 10.7. The molecular formula is C17H23N3O4. The van der Waals surface area contributed by atoms with Gasteiger partial charge in [0.25, 0.3) is 0 Å². The standard InChI is InChI=1S/C17H23N3O4/c1-2-13-9-14(24-20-13)10-18-11-16(21)15(19-17(22)23)8-12-6-4-3-5-7-12/h3-7,9,15-16,18-19,21H,2,8,10-11H2,1H3,(H,22,23)/t15-,16+/m0/s1. The molecule has 0 aliphatic carbocycles. The highest BCUT2D eigenvalue weighted by Crippen LogP contribution is 2.07. The van der Waals surface area contributed by atoms with Crippen LogP contribution < -0.4 is 10.6 Å². The number of carboxylic acid groups (broad SMARTS) is 1. The largest absolute Gasteiger partial charge is 0.465 e. The van der Waals surface area contributed by atoms with Crippen LogP contribution >= 0.6 is 0 Å². The molecule has 1 amide bonds. The molecule has 0 fully saturated rings. The maximum atomic E-state index is 11.0. The van der Waals surface area contributed by atoms with Gasteiger partial charge < -0.3 is 25.4 Å². The first-order valence-corrected chi connectivity index (χ1v) is 7.95. The Balaban J connectivity index is 1.87. The van der Waals surface area contributed by atoms with E-state index in [1.807, 2.05) is 43.3 Å². The van der Waals surface area contributed by atoms with Crippen molar-refractivity contribution in [1.29, 1.82) is 0 Å². The number of benzene rings is 1. The second-order valence-corrected chi connectivity index (χ2v) is 5.58. The van der Waals surface area contributed by atoms with Crippen molar-refractivity contribution in [3.8, 4) is 0 Å². The van der Waals surface area contributed by atoms with E-state index in [2.05, 4.69) is 15.8 Å². The molecule has 7 nitrogen and oxygen atoms in total. The van der Waals surface area contributed by atoms with E-state index in [1.54, 1.807) is 0 Å². The van der Waals surface area contributed by atoms with Crippen molar-refractivity contribution < 1.29 is 19.5 Å². The van der Waals surface area contributed by atoms with Gasteiger partial charge in [0.05, 0.1) is 24.4 Å². The number of rotatable bonds is 9.